The molecule has 136 valence electrons. The summed E-state index contributed by atoms with van der Waals surface area (Å²) in [6.45, 7) is 3.77. The molecule has 1 aliphatic rings. The number of aliphatic carboxylic acids is 1. The van der Waals surface area contributed by atoms with Crippen LogP contribution in [0.1, 0.15) is 41.1 Å². The summed E-state index contributed by atoms with van der Waals surface area (Å²) in [4.78, 5) is 16.7. The minimum Gasteiger partial charge on any atom is -0.481 e. The Balaban J connectivity index is 1.78. The third-order valence-corrected chi connectivity index (χ3v) is 7.54. The Labute approximate surface area is 161 Å². The maximum absolute atomic E-state index is 11.6. The average Bonchev–Trinajstić information content (AvgIpc) is 3.30. The number of thiophene rings is 2. The predicted octanol–water partition coefficient (Wildman–Crippen LogP) is 5.41. The van der Waals surface area contributed by atoms with Crippen molar-refractivity contribution in [3.63, 3.8) is 0 Å². The topological polar surface area (TPSA) is 40.5 Å². The molecule has 2 unspecified atom stereocenters. The summed E-state index contributed by atoms with van der Waals surface area (Å²) in [5.74, 6) is -0.925. The van der Waals surface area contributed by atoms with Gasteiger partial charge in [0.1, 0.15) is 0 Å². The Morgan fingerprint density at radius 3 is 2.92 bits per heavy atom. The smallest absolute Gasteiger partial charge is 0.307 e. The average molecular weight is 386 g/mol. The molecular formula is C21H23NO2S2. The standard InChI is InChI=1S/C21H23NO2S2/c1-2-15-9-10-19(26-15)20(22-11-5-6-14(12-22)21(23)24)17-13-25-18-8-4-3-7-16(17)18/h3-4,7-10,13-14,20H,2,5-6,11-12H2,1H3,(H,23,24). The summed E-state index contributed by atoms with van der Waals surface area (Å²) in [5.41, 5.74) is 1.32. The minimum atomic E-state index is -0.663. The molecule has 0 bridgehead atoms. The third kappa shape index (κ3) is 3.31. The first-order valence-electron chi connectivity index (χ1n) is 9.19. The van der Waals surface area contributed by atoms with E-state index in [1.54, 1.807) is 11.3 Å². The van der Waals surface area contributed by atoms with Crippen molar-refractivity contribution in [3.05, 3.63) is 57.1 Å². The van der Waals surface area contributed by atoms with Gasteiger partial charge in [-0.15, -0.1) is 22.7 Å². The molecule has 1 fully saturated rings. The summed E-state index contributed by atoms with van der Waals surface area (Å²) in [5, 5.41) is 13.1. The van der Waals surface area contributed by atoms with Crippen molar-refractivity contribution in [2.45, 2.75) is 32.2 Å². The zero-order valence-electron chi connectivity index (χ0n) is 14.9. The fourth-order valence-corrected chi connectivity index (χ4v) is 6.00. The molecule has 1 saturated heterocycles. The van der Waals surface area contributed by atoms with Crippen LogP contribution in [0.25, 0.3) is 10.1 Å². The zero-order chi connectivity index (χ0) is 18.1. The Morgan fingerprint density at radius 2 is 2.15 bits per heavy atom. The summed E-state index contributed by atoms with van der Waals surface area (Å²) < 4.78 is 1.30. The van der Waals surface area contributed by atoms with Gasteiger partial charge in [0.15, 0.2) is 0 Å². The van der Waals surface area contributed by atoms with Crippen molar-refractivity contribution in [3.8, 4) is 0 Å². The van der Waals surface area contributed by atoms with Crippen LogP contribution >= 0.6 is 22.7 Å². The van der Waals surface area contributed by atoms with Crippen LogP contribution < -0.4 is 0 Å². The molecule has 5 heteroatoms. The molecule has 0 radical (unpaired) electrons. The van der Waals surface area contributed by atoms with Gasteiger partial charge in [-0.2, -0.15) is 0 Å². The summed E-state index contributed by atoms with van der Waals surface area (Å²) in [6, 6.07) is 13.2. The van der Waals surface area contributed by atoms with Gasteiger partial charge in [0.2, 0.25) is 0 Å². The molecule has 1 aliphatic heterocycles. The number of rotatable bonds is 5. The Hall–Kier alpha value is -1.69. The first kappa shape index (κ1) is 17.7. The molecule has 26 heavy (non-hydrogen) atoms. The number of piperidine rings is 1. The summed E-state index contributed by atoms with van der Waals surface area (Å²) >= 11 is 3.65. The fourth-order valence-electron chi connectivity index (χ4n) is 3.91. The molecule has 0 amide bonds. The van der Waals surface area contributed by atoms with E-state index in [4.69, 9.17) is 0 Å². The number of carboxylic acid groups (broad SMARTS) is 1. The van der Waals surface area contributed by atoms with E-state index in [9.17, 15) is 9.90 Å². The van der Waals surface area contributed by atoms with Gasteiger partial charge in [-0.1, -0.05) is 25.1 Å². The quantitative estimate of drug-likeness (QED) is 0.638. The van der Waals surface area contributed by atoms with Gasteiger partial charge in [-0.25, -0.2) is 0 Å². The Morgan fingerprint density at radius 1 is 1.31 bits per heavy atom. The van der Waals surface area contributed by atoms with Crippen molar-refractivity contribution in [2.24, 2.45) is 5.92 Å². The van der Waals surface area contributed by atoms with Crippen molar-refractivity contribution in [1.82, 2.24) is 4.90 Å². The van der Waals surface area contributed by atoms with Crippen molar-refractivity contribution in [2.75, 3.05) is 13.1 Å². The van der Waals surface area contributed by atoms with Crippen LogP contribution in [0.2, 0.25) is 0 Å². The normalized spacial score (nSPS) is 19.7. The lowest BCUT2D eigenvalue weighted by Gasteiger charge is -2.36. The van der Waals surface area contributed by atoms with Gasteiger partial charge in [0.05, 0.1) is 12.0 Å². The van der Waals surface area contributed by atoms with Crippen LogP contribution in [-0.4, -0.2) is 29.1 Å². The van der Waals surface area contributed by atoms with Gasteiger partial charge in [-0.3, -0.25) is 9.69 Å². The molecule has 3 heterocycles. The molecule has 0 spiro atoms. The van der Waals surface area contributed by atoms with Crippen molar-refractivity contribution in [1.29, 1.82) is 0 Å². The number of hydrogen-bond acceptors (Lipinski definition) is 4. The van der Waals surface area contributed by atoms with E-state index in [-0.39, 0.29) is 12.0 Å². The molecule has 0 aliphatic carbocycles. The number of aryl methyl sites for hydroxylation is 1. The van der Waals surface area contributed by atoms with Crippen LogP contribution in [-0.2, 0) is 11.2 Å². The largest absolute Gasteiger partial charge is 0.481 e. The molecule has 3 nitrogen and oxygen atoms in total. The number of nitrogens with zero attached hydrogens (tertiary/aromatic N) is 1. The molecule has 4 rings (SSSR count). The van der Waals surface area contributed by atoms with Gasteiger partial charge in [0.25, 0.3) is 0 Å². The lowest BCUT2D eigenvalue weighted by molar-refractivity contribution is -0.143. The Kier molecular flexibility index (Phi) is 5.11. The van der Waals surface area contributed by atoms with E-state index in [0.717, 1.165) is 25.8 Å². The van der Waals surface area contributed by atoms with Gasteiger partial charge in [-0.05, 0) is 60.3 Å². The molecule has 0 saturated carbocycles. The number of likely N-dealkylation sites (tertiary alicyclic amines) is 1. The first-order valence-corrected chi connectivity index (χ1v) is 10.9. The van der Waals surface area contributed by atoms with Crippen LogP contribution in [0.5, 0.6) is 0 Å². The van der Waals surface area contributed by atoms with Crippen LogP contribution in [0.15, 0.2) is 41.8 Å². The molecule has 2 aromatic heterocycles. The number of benzene rings is 1. The van der Waals surface area contributed by atoms with Gasteiger partial charge >= 0.3 is 5.97 Å². The highest BCUT2D eigenvalue weighted by Gasteiger charge is 2.33. The highest BCUT2D eigenvalue weighted by Crippen LogP contribution is 2.41. The van der Waals surface area contributed by atoms with Crippen molar-refractivity contribution < 1.29 is 9.90 Å². The van der Waals surface area contributed by atoms with Crippen LogP contribution in [0.4, 0.5) is 0 Å². The fraction of sp³-hybridized carbons (Fsp3) is 0.381. The highest BCUT2D eigenvalue weighted by molar-refractivity contribution is 7.17. The second kappa shape index (κ2) is 7.51. The maximum Gasteiger partial charge on any atom is 0.307 e. The lowest BCUT2D eigenvalue weighted by Crippen LogP contribution is -2.41. The number of hydrogen-bond donors (Lipinski definition) is 1. The van der Waals surface area contributed by atoms with E-state index in [1.165, 1.54) is 25.4 Å². The number of carboxylic acids is 1. The van der Waals surface area contributed by atoms with Crippen LogP contribution in [0, 0.1) is 5.92 Å². The van der Waals surface area contributed by atoms with E-state index >= 15 is 0 Å². The monoisotopic (exact) mass is 385 g/mol. The Bertz CT molecular complexity index is 914. The highest BCUT2D eigenvalue weighted by atomic mass is 32.1. The molecule has 1 N–H and O–H groups in total. The zero-order valence-corrected chi connectivity index (χ0v) is 16.5. The van der Waals surface area contributed by atoms with Gasteiger partial charge in [0, 0.05) is 21.0 Å². The first-order chi connectivity index (χ1) is 12.7. The van der Waals surface area contributed by atoms with E-state index in [0.29, 0.717) is 6.54 Å². The third-order valence-electron chi connectivity index (χ3n) is 5.27. The maximum atomic E-state index is 11.6. The molecule has 3 aromatic rings. The van der Waals surface area contributed by atoms with E-state index < -0.39 is 5.97 Å². The molecule has 1 aromatic carbocycles. The summed E-state index contributed by atoms with van der Waals surface area (Å²) in [6.07, 6.45) is 2.77. The van der Waals surface area contributed by atoms with E-state index in [2.05, 4.69) is 53.6 Å². The van der Waals surface area contributed by atoms with Gasteiger partial charge < -0.3 is 5.11 Å². The molecule has 2 atom stereocenters. The summed E-state index contributed by atoms with van der Waals surface area (Å²) in [7, 11) is 0. The van der Waals surface area contributed by atoms with E-state index in [1.807, 2.05) is 11.3 Å². The second-order valence-electron chi connectivity index (χ2n) is 6.92. The number of carbonyl (C=O) groups is 1. The van der Waals surface area contributed by atoms with Crippen LogP contribution in [0.3, 0.4) is 0 Å². The van der Waals surface area contributed by atoms with Crippen molar-refractivity contribution >= 4 is 38.7 Å². The minimum absolute atomic E-state index is 0.151. The number of fused-ring (bicyclic) bond motifs is 1. The SMILES string of the molecule is CCc1ccc(C(c2csc3ccccc23)N2CCCC(C(=O)O)C2)s1. The molecular weight excluding hydrogens is 362 g/mol. The lowest BCUT2D eigenvalue weighted by atomic mass is 9.94. The second-order valence-corrected chi connectivity index (χ2v) is 9.03. The predicted molar refractivity (Wildman–Crippen MR) is 109 cm³/mol.